The van der Waals surface area contributed by atoms with Gasteiger partial charge < -0.3 is 9.47 Å². The number of likely N-dealkylation sites (tertiary alicyclic amines) is 1. The first kappa shape index (κ1) is 17.6. The zero-order valence-corrected chi connectivity index (χ0v) is 15.1. The summed E-state index contributed by atoms with van der Waals surface area (Å²) in [5, 5.41) is 0. The van der Waals surface area contributed by atoms with E-state index in [4.69, 9.17) is 0 Å². The highest BCUT2D eigenvalue weighted by molar-refractivity contribution is 5.78. The van der Waals surface area contributed by atoms with Crippen LogP contribution in [0.4, 0.5) is 0 Å². The van der Waals surface area contributed by atoms with Gasteiger partial charge in [0.25, 0.3) is 0 Å². The van der Waals surface area contributed by atoms with Gasteiger partial charge in [0.05, 0.1) is 6.54 Å². The van der Waals surface area contributed by atoms with Crippen LogP contribution < -0.4 is 0 Å². The average molecular weight is 341 g/mol. The van der Waals surface area contributed by atoms with Crippen LogP contribution in [0.5, 0.6) is 0 Å². The van der Waals surface area contributed by atoms with Gasteiger partial charge in [0, 0.05) is 51.0 Å². The van der Waals surface area contributed by atoms with Crippen LogP contribution in [-0.4, -0.2) is 56.9 Å². The van der Waals surface area contributed by atoms with Crippen molar-refractivity contribution in [1.29, 1.82) is 0 Å². The maximum Gasteiger partial charge on any atom is 0.236 e. The Labute approximate surface area is 149 Å². The predicted molar refractivity (Wildman–Crippen MR) is 96.8 cm³/mol. The van der Waals surface area contributed by atoms with E-state index in [0.29, 0.717) is 12.5 Å². The number of nitrogens with zero attached hydrogens (tertiary/aromatic N) is 5. The molecule has 1 fully saturated rings. The number of pyridine rings is 1. The minimum absolute atomic E-state index is 0.226. The summed E-state index contributed by atoms with van der Waals surface area (Å²) in [5.74, 6) is 1.92. The number of hydrogen-bond donors (Lipinski definition) is 0. The first-order chi connectivity index (χ1) is 12.1. The van der Waals surface area contributed by atoms with Gasteiger partial charge in [-0.2, -0.15) is 0 Å². The second kappa shape index (κ2) is 8.25. The molecule has 3 heterocycles. The number of aryl methyl sites for hydroxylation is 1. The van der Waals surface area contributed by atoms with Crippen molar-refractivity contribution < 1.29 is 4.79 Å². The van der Waals surface area contributed by atoms with Crippen molar-refractivity contribution in [2.24, 2.45) is 5.92 Å². The van der Waals surface area contributed by atoms with Crippen LogP contribution >= 0.6 is 0 Å². The Balaban J connectivity index is 1.43. The summed E-state index contributed by atoms with van der Waals surface area (Å²) in [5.41, 5.74) is 1.13. The number of imidazole rings is 1. The highest BCUT2D eigenvalue weighted by Crippen LogP contribution is 2.20. The van der Waals surface area contributed by atoms with E-state index in [2.05, 4.69) is 19.4 Å². The number of hydrogen-bond acceptors (Lipinski definition) is 4. The molecule has 0 saturated carbocycles. The van der Waals surface area contributed by atoms with Crippen molar-refractivity contribution in [3.8, 4) is 0 Å². The fourth-order valence-electron chi connectivity index (χ4n) is 3.43. The number of rotatable bonds is 6. The van der Waals surface area contributed by atoms with Gasteiger partial charge in [0.2, 0.25) is 5.91 Å². The highest BCUT2D eigenvalue weighted by Gasteiger charge is 2.23. The minimum Gasteiger partial charge on any atom is -0.342 e. The molecule has 2 aromatic heterocycles. The topological polar surface area (TPSA) is 54.3 Å². The summed E-state index contributed by atoms with van der Waals surface area (Å²) in [7, 11) is 1.99. The van der Waals surface area contributed by atoms with Gasteiger partial charge >= 0.3 is 0 Å². The van der Waals surface area contributed by atoms with Crippen LogP contribution in [0.25, 0.3) is 0 Å². The Morgan fingerprint density at radius 1 is 1.32 bits per heavy atom. The second-order valence-corrected chi connectivity index (χ2v) is 6.98. The SMILES string of the molecule is Cc1nccn1CC1CCN(C(=O)CN(C)Cc2cccnc2)CC1. The lowest BCUT2D eigenvalue weighted by Crippen LogP contribution is -2.43. The molecule has 0 bridgehead atoms. The number of carbonyl (C=O) groups excluding carboxylic acids is 1. The Bertz CT molecular complexity index is 676. The molecule has 6 heteroatoms. The van der Waals surface area contributed by atoms with Crippen molar-refractivity contribution in [2.75, 3.05) is 26.7 Å². The molecular formula is C19H27N5O. The quantitative estimate of drug-likeness (QED) is 0.806. The number of carbonyl (C=O) groups is 1. The molecule has 0 radical (unpaired) electrons. The monoisotopic (exact) mass is 341 g/mol. The fraction of sp³-hybridized carbons (Fsp3) is 0.526. The van der Waals surface area contributed by atoms with Crippen molar-refractivity contribution in [3.63, 3.8) is 0 Å². The lowest BCUT2D eigenvalue weighted by atomic mass is 9.96. The van der Waals surface area contributed by atoms with Crippen LogP contribution in [0.1, 0.15) is 24.2 Å². The number of piperidine rings is 1. The van der Waals surface area contributed by atoms with Crippen molar-refractivity contribution >= 4 is 5.91 Å². The Hall–Kier alpha value is -2.21. The van der Waals surface area contributed by atoms with Crippen molar-refractivity contribution in [2.45, 2.75) is 32.9 Å². The van der Waals surface area contributed by atoms with Crippen LogP contribution in [0.3, 0.4) is 0 Å². The van der Waals surface area contributed by atoms with Crippen LogP contribution in [0.15, 0.2) is 36.9 Å². The molecular weight excluding hydrogens is 314 g/mol. The summed E-state index contributed by atoms with van der Waals surface area (Å²) in [4.78, 5) is 25.0. The first-order valence-corrected chi connectivity index (χ1v) is 8.95. The van der Waals surface area contributed by atoms with Crippen molar-refractivity contribution in [3.05, 3.63) is 48.3 Å². The second-order valence-electron chi connectivity index (χ2n) is 6.98. The molecule has 6 nitrogen and oxygen atoms in total. The van der Waals surface area contributed by atoms with Gasteiger partial charge in [-0.15, -0.1) is 0 Å². The Kier molecular flexibility index (Phi) is 5.81. The molecule has 0 unspecified atom stereocenters. The maximum atomic E-state index is 12.5. The van der Waals surface area contributed by atoms with E-state index in [0.717, 1.165) is 50.4 Å². The normalized spacial score (nSPS) is 15.7. The van der Waals surface area contributed by atoms with E-state index in [9.17, 15) is 4.79 Å². The van der Waals surface area contributed by atoms with E-state index in [-0.39, 0.29) is 5.91 Å². The smallest absolute Gasteiger partial charge is 0.236 e. The van der Waals surface area contributed by atoms with Gasteiger partial charge in [0.15, 0.2) is 0 Å². The summed E-state index contributed by atoms with van der Waals surface area (Å²) < 4.78 is 2.21. The fourth-order valence-corrected chi connectivity index (χ4v) is 3.43. The van der Waals surface area contributed by atoms with Gasteiger partial charge in [-0.1, -0.05) is 6.07 Å². The van der Waals surface area contributed by atoms with E-state index in [1.54, 1.807) is 6.20 Å². The van der Waals surface area contributed by atoms with Crippen LogP contribution in [0.2, 0.25) is 0 Å². The predicted octanol–water partition coefficient (Wildman–Crippen LogP) is 1.96. The first-order valence-electron chi connectivity index (χ1n) is 8.95. The number of aromatic nitrogens is 3. The molecule has 0 spiro atoms. The molecule has 1 aliphatic rings. The van der Waals surface area contributed by atoms with Crippen molar-refractivity contribution in [1.82, 2.24) is 24.3 Å². The van der Waals surface area contributed by atoms with Gasteiger partial charge in [-0.25, -0.2) is 4.98 Å². The Morgan fingerprint density at radius 2 is 2.12 bits per heavy atom. The lowest BCUT2D eigenvalue weighted by Gasteiger charge is -2.33. The molecule has 134 valence electrons. The standard InChI is InChI=1S/C19H27N5O/c1-16-21-8-11-24(16)14-17-5-9-23(10-6-17)19(25)15-22(2)13-18-4-3-7-20-12-18/h3-4,7-8,11-12,17H,5-6,9-10,13-15H2,1-2H3. The van der Waals surface area contributed by atoms with E-state index in [1.807, 2.05) is 49.6 Å². The number of likely N-dealkylation sites (N-methyl/N-ethyl adjacent to an activating group) is 1. The maximum absolute atomic E-state index is 12.5. The molecule has 0 N–H and O–H groups in total. The molecule has 1 saturated heterocycles. The summed E-state index contributed by atoms with van der Waals surface area (Å²) >= 11 is 0. The lowest BCUT2D eigenvalue weighted by molar-refractivity contribution is -0.133. The molecule has 0 atom stereocenters. The molecule has 3 rings (SSSR count). The van der Waals surface area contributed by atoms with E-state index in [1.165, 1.54) is 0 Å². The third-order valence-electron chi connectivity index (χ3n) is 4.93. The Morgan fingerprint density at radius 3 is 2.76 bits per heavy atom. The minimum atomic E-state index is 0.226. The van der Waals surface area contributed by atoms with E-state index < -0.39 is 0 Å². The molecule has 1 amide bonds. The van der Waals surface area contributed by atoms with Gasteiger partial charge in [-0.05, 0) is 44.4 Å². The zero-order valence-electron chi connectivity index (χ0n) is 15.1. The van der Waals surface area contributed by atoms with E-state index >= 15 is 0 Å². The summed E-state index contributed by atoms with van der Waals surface area (Å²) in [6, 6.07) is 3.97. The summed E-state index contributed by atoms with van der Waals surface area (Å²) in [6.07, 6.45) is 9.65. The summed E-state index contributed by atoms with van der Waals surface area (Å²) in [6.45, 7) is 5.97. The molecule has 1 aliphatic heterocycles. The third-order valence-corrected chi connectivity index (χ3v) is 4.93. The average Bonchev–Trinajstić information content (AvgIpc) is 3.01. The molecule has 25 heavy (non-hydrogen) atoms. The highest BCUT2D eigenvalue weighted by atomic mass is 16.2. The third kappa shape index (κ3) is 4.89. The molecule has 0 aromatic carbocycles. The van der Waals surface area contributed by atoms with Crippen LogP contribution in [0, 0.1) is 12.8 Å². The van der Waals surface area contributed by atoms with Gasteiger partial charge in [-0.3, -0.25) is 14.7 Å². The van der Waals surface area contributed by atoms with Gasteiger partial charge in [0.1, 0.15) is 5.82 Å². The molecule has 0 aliphatic carbocycles. The zero-order chi connectivity index (χ0) is 17.6. The molecule has 2 aromatic rings. The number of amides is 1. The van der Waals surface area contributed by atoms with Crippen LogP contribution in [-0.2, 0) is 17.9 Å². The largest absolute Gasteiger partial charge is 0.342 e.